The Bertz CT molecular complexity index is 613. The van der Waals surface area contributed by atoms with Gasteiger partial charge in [0.05, 0.1) is 41.2 Å². The van der Waals surface area contributed by atoms with E-state index in [0.29, 0.717) is 28.8 Å². The van der Waals surface area contributed by atoms with E-state index in [-0.39, 0.29) is 6.01 Å². The van der Waals surface area contributed by atoms with E-state index in [0.717, 1.165) is 5.56 Å². The van der Waals surface area contributed by atoms with Gasteiger partial charge in [0.1, 0.15) is 0 Å². The van der Waals surface area contributed by atoms with Crippen LogP contribution in [-0.4, -0.2) is 45.5 Å². The molecule has 2 aromatic rings. The van der Waals surface area contributed by atoms with Gasteiger partial charge in [-0.3, -0.25) is 0 Å². The minimum Gasteiger partial charge on any atom is -0.493 e. The van der Waals surface area contributed by atoms with Gasteiger partial charge in [-0.1, -0.05) is 0 Å². The average Bonchev–Trinajstić information content (AvgIpc) is 2.59. The van der Waals surface area contributed by atoms with Gasteiger partial charge in [0.2, 0.25) is 11.6 Å². The minimum atomic E-state index is 0.211. The van der Waals surface area contributed by atoms with Crippen LogP contribution in [0.15, 0.2) is 18.2 Å². The first kappa shape index (κ1) is 15.7. The molecule has 0 fully saturated rings. The van der Waals surface area contributed by atoms with E-state index < -0.39 is 0 Å². The zero-order valence-corrected chi connectivity index (χ0v) is 13.2. The maximum Gasteiger partial charge on any atom is 0.320 e. The highest BCUT2D eigenvalue weighted by molar-refractivity contribution is 5.69. The lowest BCUT2D eigenvalue weighted by Gasteiger charge is -2.14. The van der Waals surface area contributed by atoms with Crippen LogP contribution in [0.5, 0.6) is 29.1 Å². The first-order valence-electron chi connectivity index (χ1n) is 6.44. The van der Waals surface area contributed by atoms with E-state index in [9.17, 15) is 0 Å². The maximum atomic E-state index is 5.34. The summed E-state index contributed by atoms with van der Waals surface area (Å²) in [5.41, 5.74) is 1.37. The number of rotatable bonds is 6. The highest BCUT2D eigenvalue weighted by Crippen LogP contribution is 2.41. The lowest BCUT2D eigenvalue weighted by atomic mass is 10.1. The molecule has 0 amide bonds. The molecule has 1 aromatic heterocycles. The molecule has 0 saturated heterocycles. The second kappa shape index (κ2) is 6.84. The van der Waals surface area contributed by atoms with Crippen molar-refractivity contribution in [3.05, 3.63) is 18.2 Å². The summed E-state index contributed by atoms with van der Waals surface area (Å²) >= 11 is 0. The standard InChI is InChI=1S/C15H18N2O5/c1-18-11-6-9(7-12(19-2)14(11)21-4)10-8-13(20-3)17-15(16-10)22-5/h6-8H,1-5H3. The molecule has 118 valence electrons. The van der Waals surface area contributed by atoms with Crippen LogP contribution in [-0.2, 0) is 0 Å². The lowest BCUT2D eigenvalue weighted by Crippen LogP contribution is -1.99. The van der Waals surface area contributed by atoms with Crippen LogP contribution in [0.25, 0.3) is 11.3 Å². The second-order valence-corrected chi connectivity index (χ2v) is 4.20. The van der Waals surface area contributed by atoms with Crippen molar-refractivity contribution < 1.29 is 23.7 Å². The van der Waals surface area contributed by atoms with Crippen molar-refractivity contribution in [2.45, 2.75) is 0 Å². The van der Waals surface area contributed by atoms with Crippen LogP contribution < -0.4 is 23.7 Å². The molecule has 2 rings (SSSR count). The molecule has 0 bridgehead atoms. The summed E-state index contributed by atoms with van der Waals surface area (Å²) in [4.78, 5) is 8.38. The summed E-state index contributed by atoms with van der Waals surface area (Å²) in [5, 5.41) is 0. The smallest absolute Gasteiger partial charge is 0.320 e. The van der Waals surface area contributed by atoms with Gasteiger partial charge < -0.3 is 23.7 Å². The summed E-state index contributed by atoms with van der Waals surface area (Å²) in [5.74, 6) is 1.99. The molecule has 22 heavy (non-hydrogen) atoms. The van der Waals surface area contributed by atoms with Crippen molar-refractivity contribution in [3.63, 3.8) is 0 Å². The van der Waals surface area contributed by atoms with Crippen molar-refractivity contribution in [1.82, 2.24) is 9.97 Å². The summed E-state index contributed by atoms with van der Waals surface area (Å²) < 4.78 is 26.2. The fourth-order valence-electron chi connectivity index (χ4n) is 1.98. The Hall–Kier alpha value is -2.70. The molecular weight excluding hydrogens is 288 g/mol. The molecular formula is C15H18N2O5. The predicted molar refractivity (Wildman–Crippen MR) is 80.2 cm³/mol. The van der Waals surface area contributed by atoms with Crippen molar-refractivity contribution in [2.24, 2.45) is 0 Å². The van der Waals surface area contributed by atoms with Gasteiger partial charge >= 0.3 is 6.01 Å². The highest BCUT2D eigenvalue weighted by Gasteiger charge is 2.16. The molecule has 1 heterocycles. The Morgan fingerprint density at radius 2 is 1.32 bits per heavy atom. The van der Waals surface area contributed by atoms with Gasteiger partial charge in [0.25, 0.3) is 0 Å². The molecule has 0 aliphatic rings. The van der Waals surface area contributed by atoms with E-state index in [1.807, 2.05) is 0 Å². The molecule has 7 heteroatoms. The van der Waals surface area contributed by atoms with Crippen LogP contribution in [0.4, 0.5) is 0 Å². The zero-order valence-electron chi connectivity index (χ0n) is 13.2. The second-order valence-electron chi connectivity index (χ2n) is 4.20. The van der Waals surface area contributed by atoms with Crippen LogP contribution in [0.2, 0.25) is 0 Å². The topological polar surface area (TPSA) is 71.9 Å². The Balaban J connectivity index is 2.61. The van der Waals surface area contributed by atoms with E-state index in [1.54, 1.807) is 39.5 Å². The van der Waals surface area contributed by atoms with Crippen molar-refractivity contribution in [2.75, 3.05) is 35.5 Å². The molecule has 7 nitrogen and oxygen atoms in total. The first-order valence-corrected chi connectivity index (χ1v) is 6.44. The van der Waals surface area contributed by atoms with E-state index in [2.05, 4.69) is 9.97 Å². The lowest BCUT2D eigenvalue weighted by molar-refractivity contribution is 0.324. The Morgan fingerprint density at radius 1 is 0.682 bits per heavy atom. The number of hydrogen-bond donors (Lipinski definition) is 0. The number of ether oxygens (including phenoxy) is 5. The van der Waals surface area contributed by atoms with Crippen LogP contribution in [0, 0.1) is 0 Å². The van der Waals surface area contributed by atoms with Crippen molar-refractivity contribution in [1.29, 1.82) is 0 Å². The molecule has 0 atom stereocenters. The number of hydrogen-bond acceptors (Lipinski definition) is 7. The highest BCUT2D eigenvalue weighted by atomic mass is 16.5. The molecule has 0 radical (unpaired) electrons. The number of benzene rings is 1. The predicted octanol–water partition coefficient (Wildman–Crippen LogP) is 2.19. The number of methoxy groups -OCH3 is 5. The third kappa shape index (κ3) is 2.98. The zero-order chi connectivity index (χ0) is 16.1. The molecule has 1 aromatic carbocycles. The monoisotopic (exact) mass is 306 g/mol. The van der Waals surface area contributed by atoms with Crippen molar-refractivity contribution in [3.8, 4) is 40.4 Å². The normalized spacial score (nSPS) is 10.0. The third-order valence-electron chi connectivity index (χ3n) is 3.03. The van der Waals surface area contributed by atoms with E-state index in [1.165, 1.54) is 14.2 Å². The molecule has 0 spiro atoms. The summed E-state index contributed by atoms with van der Waals surface area (Å²) in [6.45, 7) is 0. The van der Waals surface area contributed by atoms with Gasteiger partial charge in [0, 0.05) is 11.6 Å². The molecule has 0 aliphatic heterocycles. The van der Waals surface area contributed by atoms with Gasteiger partial charge in [-0.25, -0.2) is 0 Å². The van der Waals surface area contributed by atoms with Gasteiger partial charge in [-0.2, -0.15) is 9.97 Å². The van der Waals surface area contributed by atoms with Crippen molar-refractivity contribution >= 4 is 0 Å². The van der Waals surface area contributed by atoms with Gasteiger partial charge in [-0.15, -0.1) is 0 Å². The minimum absolute atomic E-state index is 0.211. The van der Waals surface area contributed by atoms with E-state index in [4.69, 9.17) is 23.7 Å². The molecule has 0 saturated carbocycles. The quantitative estimate of drug-likeness (QED) is 0.810. The largest absolute Gasteiger partial charge is 0.493 e. The molecule has 0 unspecified atom stereocenters. The van der Waals surface area contributed by atoms with Gasteiger partial charge in [0.15, 0.2) is 11.5 Å². The van der Waals surface area contributed by atoms with Gasteiger partial charge in [-0.05, 0) is 12.1 Å². The summed E-state index contributed by atoms with van der Waals surface area (Å²) in [6.07, 6.45) is 0. The molecule has 0 aliphatic carbocycles. The Morgan fingerprint density at radius 3 is 1.77 bits per heavy atom. The van der Waals surface area contributed by atoms with Crippen LogP contribution in [0.1, 0.15) is 0 Å². The fraction of sp³-hybridized carbons (Fsp3) is 0.333. The Kier molecular flexibility index (Phi) is 4.88. The van der Waals surface area contributed by atoms with E-state index >= 15 is 0 Å². The third-order valence-corrected chi connectivity index (χ3v) is 3.03. The van der Waals surface area contributed by atoms with Crippen LogP contribution >= 0.6 is 0 Å². The maximum absolute atomic E-state index is 5.34. The average molecular weight is 306 g/mol. The molecule has 0 N–H and O–H groups in total. The number of aromatic nitrogens is 2. The fourth-order valence-corrected chi connectivity index (χ4v) is 1.98. The SMILES string of the molecule is COc1cc(-c2cc(OC)c(OC)c(OC)c2)nc(OC)n1. The summed E-state index contributed by atoms with van der Waals surface area (Å²) in [6, 6.07) is 5.50. The first-order chi connectivity index (χ1) is 10.7. The summed E-state index contributed by atoms with van der Waals surface area (Å²) in [7, 11) is 7.69. The Labute approximate surface area is 128 Å². The van der Waals surface area contributed by atoms with Crippen LogP contribution in [0.3, 0.4) is 0 Å². The number of nitrogens with zero attached hydrogens (tertiary/aromatic N) is 2.